The second-order valence-electron chi connectivity index (χ2n) is 3.67. The van der Waals surface area contributed by atoms with E-state index in [9.17, 15) is 0 Å². The van der Waals surface area contributed by atoms with Crippen molar-refractivity contribution in [3.8, 4) is 0 Å². The normalized spacial score (nSPS) is 10.6. The molecule has 0 aliphatic heterocycles. The van der Waals surface area contributed by atoms with Gasteiger partial charge in [-0.15, -0.1) is 0 Å². The predicted molar refractivity (Wildman–Crippen MR) is 73.0 cm³/mol. The fourth-order valence-corrected chi connectivity index (χ4v) is 2.61. The molecule has 0 fully saturated rings. The van der Waals surface area contributed by atoms with Gasteiger partial charge in [-0.2, -0.15) is 5.10 Å². The Bertz CT molecular complexity index is 581. The molecule has 0 unspecified atom stereocenters. The van der Waals surface area contributed by atoms with Crippen molar-refractivity contribution in [2.75, 3.05) is 0 Å². The average Bonchev–Trinajstić information content (AvgIpc) is 2.73. The topological polar surface area (TPSA) is 80.6 Å². The van der Waals surface area contributed by atoms with Crippen LogP contribution in [0.5, 0.6) is 0 Å². The third-order valence-electron chi connectivity index (χ3n) is 2.39. The molecule has 1 aromatic carbocycles. The average molecular weight is 282 g/mol. The number of aryl methyl sites for hydroxylation is 1. The summed E-state index contributed by atoms with van der Waals surface area (Å²) in [5, 5.41) is 12.8. The first kappa shape index (κ1) is 12.9. The number of benzene rings is 1. The second kappa shape index (κ2) is 5.41. The molecule has 0 bridgehead atoms. The Morgan fingerprint density at radius 1 is 1.56 bits per heavy atom. The summed E-state index contributed by atoms with van der Waals surface area (Å²) in [6, 6.07) is 5.37. The lowest BCUT2D eigenvalue weighted by atomic mass is 10.1. The predicted octanol–water partition coefficient (Wildman–Crippen LogP) is 2.04. The molecule has 0 spiro atoms. The van der Waals surface area contributed by atoms with Gasteiger partial charge in [-0.1, -0.05) is 35.5 Å². The van der Waals surface area contributed by atoms with Gasteiger partial charge in [0.2, 0.25) is 0 Å². The van der Waals surface area contributed by atoms with E-state index in [-0.39, 0.29) is 5.84 Å². The Balaban J connectivity index is 2.11. The van der Waals surface area contributed by atoms with Crippen LogP contribution in [0.25, 0.3) is 0 Å². The molecule has 1 heterocycles. The number of rotatable bonds is 4. The van der Waals surface area contributed by atoms with Crippen molar-refractivity contribution in [2.45, 2.75) is 10.9 Å². The van der Waals surface area contributed by atoms with Crippen molar-refractivity contribution < 1.29 is 0 Å². The molecule has 0 saturated carbocycles. The van der Waals surface area contributed by atoms with Crippen molar-refractivity contribution in [3.63, 3.8) is 0 Å². The number of thioether (sulfide) groups is 1. The molecule has 1 aromatic heterocycles. The van der Waals surface area contributed by atoms with Crippen LogP contribution in [-0.2, 0) is 12.8 Å². The lowest BCUT2D eigenvalue weighted by Crippen LogP contribution is -2.10. The summed E-state index contributed by atoms with van der Waals surface area (Å²) in [6.07, 6.45) is 1.52. The molecule has 94 valence electrons. The summed E-state index contributed by atoms with van der Waals surface area (Å²) < 4.78 is 1.71. The van der Waals surface area contributed by atoms with Crippen LogP contribution in [0, 0.1) is 5.41 Å². The number of hydrogen-bond donors (Lipinski definition) is 2. The number of amidine groups is 1. The molecule has 5 nitrogen and oxygen atoms in total. The number of nitrogens with zero attached hydrogens (tertiary/aromatic N) is 3. The SMILES string of the molecule is Cn1ncnc1SCc1ccc(C(=N)N)cc1Cl. The van der Waals surface area contributed by atoms with Gasteiger partial charge < -0.3 is 5.73 Å². The van der Waals surface area contributed by atoms with Gasteiger partial charge in [-0.05, 0) is 11.6 Å². The van der Waals surface area contributed by atoms with Gasteiger partial charge in [0.25, 0.3) is 0 Å². The van der Waals surface area contributed by atoms with E-state index in [2.05, 4.69) is 10.1 Å². The van der Waals surface area contributed by atoms with Crippen molar-refractivity contribution in [2.24, 2.45) is 12.8 Å². The molecule has 3 N–H and O–H groups in total. The summed E-state index contributed by atoms with van der Waals surface area (Å²) >= 11 is 7.70. The number of hydrogen-bond acceptors (Lipinski definition) is 4. The van der Waals surface area contributed by atoms with Crippen molar-refractivity contribution in [1.82, 2.24) is 14.8 Å². The number of nitrogen functional groups attached to an aromatic ring is 1. The Hall–Kier alpha value is -1.53. The molecule has 0 aliphatic carbocycles. The van der Waals surface area contributed by atoms with E-state index in [0.29, 0.717) is 16.3 Å². The molecule has 2 aromatic rings. The highest BCUT2D eigenvalue weighted by Gasteiger charge is 2.07. The maximum absolute atomic E-state index is 7.34. The molecule has 0 atom stereocenters. The van der Waals surface area contributed by atoms with E-state index in [1.54, 1.807) is 28.6 Å². The molecule has 0 aliphatic rings. The molecule has 2 rings (SSSR count). The van der Waals surface area contributed by atoms with E-state index in [4.69, 9.17) is 22.7 Å². The quantitative estimate of drug-likeness (QED) is 0.510. The van der Waals surface area contributed by atoms with E-state index in [0.717, 1.165) is 10.7 Å². The zero-order chi connectivity index (χ0) is 13.1. The molecular weight excluding hydrogens is 270 g/mol. The van der Waals surface area contributed by atoms with E-state index >= 15 is 0 Å². The highest BCUT2D eigenvalue weighted by atomic mass is 35.5. The Morgan fingerprint density at radius 3 is 2.89 bits per heavy atom. The van der Waals surface area contributed by atoms with Gasteiger partial charge in [0, 0.05) is 23.4 Å². The van der Waals surface area contributed by atoms with Crippen LogP contribution in [0.3, 0.4) is 0 Å². The van der Waals surface area contributed by atoms with Crippen LogP contribution in [0.2, 0.25) is 5.02 Å². The van der Waals surface area contributed by atoms with Gasteiger partial charge in [0.1, 0.15) is 12.2 Å². The highest BCUT2D eigenvalue weighted by molar-refractivity contribution is 7.98. The molecule has 0 saturated heterocycles. The van der Waals surface area contributed by atoms with Crippen molar-refractivity contribution in [1.29, 1.82) is 5.41 Å². The van der Waals surface area contributed by atoms with Gasteiger partial charge in [0.05, 0.1) is 0 Å². The summed E-state index contributed by atoms with van der Waals surface area (Å²) in [5.41, 5.74) is 7.01. The molecule has 18 heavy (non-hydrogen) atoms. The Morgan fingerprint density at radius 2 is 2.33 bits per heavy atom. The third kappa shape index (κ3) is 2.83. The fraction of sp³-hybridized carbons (Fsp3) is 0.182. The fourth-order valence-electron chi connectivity index (χ4n) is 1.39. The van der Waals surface area contributed by atoms with Crippen LogP contribution in [0.1, 0.15) is 11.1 Å². The van der Waals surface area contributed by atoms with E-state index in [1.165, 1.54) is 6.33 Å². The summed E-state index contributed by atoms with van der Waals surface area (Å²) in [4.78, 5) is 4.12. The van der Waals surface area contributed by atoms with Crippen LogP contribution in [0.4, 0.5) is 0 Å². The Kier molecular flexibility index (Phi) is 3.88. The van der Waals surface area contributed by atoms with E-state index in [1.807, 2.05) is 13.1 Å². The third-order valence-corrected chi connectivity index (χ3v) is 3.83. The summed E-state index contributed by atoms with van der Waals surface area (Å²) in [5.74, 6) is 0.716. The molecule has 7 heteroatoms. The first-order valence-corrected chi connectivity index (χ1v) is 6.54. The maximum Gasteiger partial charge on any atom is 0.186 e. The maximum atomic E-state index is 7.34. The lowest BCUT2D eigenvalue weighted by molar-refractivity contribution is 0.685. The smallest absolute Gasteiger partial charge is 0.186 e. The summed E-state index contributed by atoms with van der Waals surface area (Å²) in [6.45, 7) is 0. The van der Waals surface area contributed by atoms with Crippen molar-refractivity contribution >= 4 is 29.2 Å². The monoisotopic (exact) mass is 281 g/mol. The van der Waals surface area contributed by atoms with Crippen LogP contribution < -0.4 is 5.73 Å². The summed E-state index contributed by atoms with van der Waals surface area (Å²) in [7, 11) is 1.84. The second-order valence-corrected chi connectivity index (χ2v) is 5.02. The first-order valence-electron chi connectivity index (χ1n) is 5.17. The van der Waals surface area contributed by atoms with E-state index < -0.39 is 0 Å². The van der Waals surface area contributed by atoms with Crippen LogP contribution in [0.15, 0.2) is 29.7 Å². The Labute approximate surface area is 114 Å². The number of nitrogens with two attached hydrogens (primary N) is 1. The van der Waals surface area contributed by atoms with Crippen molar-refractivity contribution in [3.05, 3.63) is 40.7 Å². The van der Waals surface area contributed by atoms with Gasteiger partial charge in [-0.25, -0.2) is 9.67 Å². The highest BCUT2D eigenvalue weighted by Crippen LogP contribution is 2.25. The van der Waals surface area contributed by atoms with Crippen LogP contribution in [-0.4, -0.2) is 20.6 Å². The number of halogens is 1. The number of aromatic nitrogens is 3. The van der Waals surface area contributed by atoms with Gasteiger partial charge >= 0.3 is 0 Å². The van der Waals surface area contributed by atoms with Gasteiger partial charge in [-0.3, -0.25) is 5.41 Å². The molecule has 0 radical (unpaired) electrons. The zero-order valence-electron chi connectivity index (χ0n) is 9.72. The first-order chi connectivity index (χ1) is 8.58. The standard InChI is InChI=1S/C11H12ClN5S/c1-17-11(15-6-16-17)18-5-8-3-2-7(10(13)14)4-9(8)12/h2-4,6H,5H2,1H3,(H3,13,14). The zero-order valence-corrected chi connectivity index (χ0v) is 11.3. The van der Waals surface area contributed by atoms with Crippen LogP contribution >= 0.6 is 23.4 Å². The largest absolute Gasteiger partial charge is 0.384 e. The minimum Gasteiger partial charge on any atom is -0.384 e. The van der Waals surface area contributed by atoms with Gasteiger partial charge in [0.15, 0.2) is 5.16 Å². The minimum absolute atomic E-state index is 0.0180. The molecule has 0 amide bonds. The molecular formula is C11H12ClN5S. The minimum atomic E-state index is 0.0180. The number of nitrogens with one attached hydrogen (secondary N) is 1. The lowest BCUT2D eigenvalue weighted by Gasteiger charge is -2.06.